The second-order valence-corrected chi connectivity index (χ2v) is 8.01. The van der Waals surface area contributed by atoms with Crippen molar-refractivity contribution in [3.05, 3.63) is 77.3 Å². The highest BCUT2D eigenvalue weighted by Gasteiger charge is 2.19. The lowest BCUT2D eigenvalue weighted by Crippen LogP contribution is -2.16. The van der Waals surface area contributed by atoms with Gasteiger partial charge in [0.2, 0.25) is 0 Å². The molecule has 0 radical (unpaired) electrons. The SMILES string of the molecule is COc1ccc(C(=O)Nc2cc(C)nn2-c2ncnc3c2cnn3-c2ccc(Cl)cc2)cc1OC. The van der Waals surface area contributed by atoms with Crippen molar-refractivity contribution in [3.63, 3.8) is 0 Å². The van der Waals surface area contributed by atoms with Crippen molar-refractivity contribution in [3.8, 4) is 23.0 Å². The van der Waals surface area contributed by atoms with Crippen LogP contribution >= 0.6 is 11.6 Å². The summed E-state index contributed by atoms with van der Waals surface area (Å²) in [5, 5.41) is 13.2. The van der Waals surface area contributed by atoms with E-state index in [-0.39, 0.29) is 5.91 Å². The van der Waals surface area contributed by atoms with E-state index in [4.69, 9.17) is 21.1 Å². The molecule has 176 valence electrons. The highest BCUT2D eigenvalue weighted by Crippen LogP contribution is 2.29. The van der Waals surface area contributed by atoms with Crippen LogP contribution in [-0.2, 0) is 0 Å². The monoisotopic (exact) mass is 489 g/mol. The van der Waals surface area contributed by atoms with E-state index >= 15 is 0 Å². The Bertz CT molecular complexity index is 1540. The summed E-state index contributed by atoms with van der Waals surface area (Å²) in [4.78, 5) is 21.9. The molecule has 35 heavy (non-hydrogen) atoms. The minimum absolute atomic E-state index is 0.339. The maximum absolute atomic E-state index is 13.0. The molecular formula is C24H20ClN7O3. The standard InChI is InChI=1S/C24H20ClN7O3/c1-14-10-21(29-24(33)15-4-9-19(34-2)20(11-15)35-3)32(30-14)23-18-12-28-31(22(18)26-13-27-23)17-7-5-16(25)6-8-17/h4-13H,1-3H3,(H,29,33). The Kier molecular flexibility index (Phi) is 5.79. The molecule has 0 saturated carbocycles. The number of fused-ring (bicyclic) bond motifs is 1. The van der Waals surface area contributed by atoms with E-state index in [0.29, 0.717) is 50.4 Å². The smallest absolute Gasteiger partial charge is 0.256 e. The minimum Gasteiger partial charge on any atom is -0.493 e. The molecule has 2 aromatic carbocycles. The zero-order valence-corrected chi connectivity index (χ0v) is 19.8. The van der Waals surface area contributed by atoms with Gasteiger partial charge in [-0.25, -0.2) is 14.6 Å². The molecule has 0 saturated heterocycles. The molecule has 0 fully saturated rings. The topological polar surface area (TPSA) is 109 Å². The van der Waals surface area contributed by atoms with Crippen molar-refractivity contribution >= 4 is 34.4 Å². The largest absolute Gasteiger partial charge is 0.493 e. The van der Waals surface area contributed by atoms with Crippen LogP contribution in [0.5, 0.6) is 11.5 Å². The first kappa shape index (κ1) is 22.4. The van der Waals surface area contributed by atoms with Gasteiger partial charge in [0.15, 0.2) is 23.0 Å². The Labute approximate surface area is 205 Å². The fraction of sp³-hybridized carbons (Fsp3) is 0.125. The van der Waals surface area contributed by atoms with Gasteiger partial charge in [0.05, 0.1) is 37.2 Å². The molecular weight excluding hydrogens is 470 g/mol. The Morgan fingerprint density at radius 3 is 2.49 bits per heavy atom. The zero-order chi connectivity index (χ0) is 24.5. The zero-order valence-electron chi connectivity index (χ0n) is 19.1. The maximum Gasteiger partial charge on any atom is 0.256 e. The molecule has 0 unspecified atom stereocenters. The summed E-state index contributed by atoms with van der Waals surface area (Å²) in [5.74, 6) is 1.57. The Morgan fingerprint density at radius 2 is 1.74 bits per heavy atom. The molecule has 11 heteroatoms. The summed E-state index contributed by atoms with van der Waals surface area (Å²) in [6, 6.07) is 14.0. The van der Waals surface area contributed by atoms with Crippen LogP contribution in [0.25, 0.3) is 22.5 Å². The van der Waals surface area contributed by atoms with Gasteiger partial charge >= 0.3 is 0 Å². The van der Waals surface area contributed by atoms with E-state index in [2.05, 4.69) is 25.5 Å². The number of hydrogen-bond donors (Lipinski definition) is 1. The molecule has 0 spiro atoms. The van der Waals surface area contributed by atoms with Crippen molar-refractivity contribution in [1.29, 1.82) is 0 Å². The predicted molar refractivity (Wildman–Crippen MR) is 131 cm³/mol. The Balaban J connectivity index is 1.52. The van der Waals surface area contributed by atoms with E-state index in [9.17, 15) is 4.79 Å². The van der Waals surface area contributed by atoms with Gasteiger partial charge in [0.1, 0.15) is 12.1 Å². The van der Waals surface area contributed by atoms with Crippen molar-refractivity contribution < 1.29 is 14.3 Å². The fourth-order valence-electron chi connectivity index (χ4n) is 3.69. The molecule has 1 amide bonds. The minimum atomic E-state index is -0.339. The molecule has 0 aliphatic heterocycles. The van der Waals surface area contributed by atoms with Crippen LogP contribution in [0, 0.1) is 6.92 Å². The van der Waals surface area contributed by atoms with Gasteiger partial charge in [-0.1, -0.05) is 11.6 Å². The molecule has 1 N–H and O–H groups in total. The lowest BCUT2D eigenvalue weighted by molar-refractivity contribution is 0.102. The molecule has 5 rings (SSSR count). The first-order valence-electron chi connectivity index (χ1n) is 10.5. The number of rotatable bonds is 6. The summed E-state index contributed by atoms with van der Waals surface area (Å²) in [6.45, 7) is 1.83. The number of carbonyl (C=O) groups excluding carboxylic acids is 1. The van der Waals surface area contributed by atoms with E-state index in [0.717, 1.165) is 5.69 Å². The number of halogens is 1. The van der Waals surface area contributed by atoms with Crippen LogP contribution in [0.1, 0.15) is 16.1 Å². The number of hydrogen-bond acceptors (Lipinski definition) is 7. The predicted octanol–water partition coefficient (Wildman–Crippen LogP) is 4.23. The number of carbonyl (C=O) groups is 1. The third-order valence-corrected chi connectivity index (χ3v) is 5.59. The van der Waals surface area contributed by atoms with Crippen molar-refractivity contribution in [2.24, 2.45) is 0 Å². The van der Waals surface area contributed by atoms with E-state index in [1.165, 1.54) is 20.5 Å². The van der Waals surface area contributed by atoms with Gasteiger partial charge < -0.3 is 14.8 Å². The number of aryl methyl sites for hydroxylation is 1. The number of ether oxygens (including phenoxy) is 2. The third kappa shape index (κ3) is 4.15. The Hall–Kier alpha value is -4.44. The normalized spacial score (nSPS) is 11.0. The Morgan fingerprint density at radius 1 is 0.971 bits per heavy atom. The quantitative estimate of drug-likeness (QED) is 0.380. The number of anilines is 1. The van der Waals surface area contributed by atoms with Gasteiger partial charge in [-0.15, -0.1) is 0 Å². The van der Waals surface area contributed by atoms with Crippen LogP contribution in [0.3, 0.4) is 0 Å². The summed E-state index contributed by atoms with van der Waals surface area (Å²) >= 11 is 6.02. The second kappa shape index (κ2) is 9.07. The molecule has 0 aliphatic rings. The summed E-state index contributed by atoms with van der Waals surface area (Å²) < 4.78 is 13.8. The lowest BCUT2D eigenvalue weighted by atomic mass is 10.2. The van der Waals surface area contributed by atoms with Gasteiger partial charge in [-0.3, -0.25) is 4.79 Å². The summed E-state index contributed by atoms with van der Waals surface area (Å²) in [6.07, 6.45) is 3.10. The number of aromatic nitrogens is 6. The average Bonchev–Trinajstić information content (AvgIpc) is 3.47. The molecule has 0 bridgehead atoms. The number of amides is 1. The van der Waals surface area contributed by atoms with Crippen molar-refractivity contribution in [2.45, 2.75) is 6.92 Å². The molecule has 3 heterocycles. The molecule has 0 aliphatic carbocycles. The molecule has 0 atom stereocenters. The third-order valence-electron chi connectivity index (χ3n) is 5.34. The molecule has 5 aromatic rings. The maximum atomic E-state index is 13.0. The lowest BCUT2D eigenvalue weighted by Gasteiger charge is -2.11. The number of benzene rings is 2. The van der Waals surface area contributed by atoms with Crippen LogP contribution < -0.4 is 14.8 Å². The summed E-state index contributed by atoms with van der Waals surface area (Å²) in [7, 11) is 3.05. The number of nitrogens with zero attached hydrogens (tertiary/aromatic N) is 6. The molecule has 10 nitrogen and oxygen atoms in total. The van der Waals surface area contributed by atoms with Gasteiger partial charge in [-0.2, -0.15) is 14.9 Å². The van der Waals surface area contributed by atoms with Crippen molar-refractivity contribution in [1.82, 2.24) is 29.5 Å². The van der Waals surface area contributed by atoms with Crippen LogP contribution in [0.4, 0.5) is 5.82 Å². The molecule has 3 aromatic heterocycles. The fourth-order valence-corrected chi connectivity index (χ4v) is 3.81. The second-order valence-electron chi connectivity index (χ2n) is 7.57. The van der Waals surface area contributed by atoms with Gasteiger partial charge in [0, 0.05) is 16.7 Å². The van der Waals surface area contributed by atoms with Crippen LogP contribution in [-0.4, -0.2) is 49.7 Å². The van der Waals surface area contributed by atoms with Gasteiger partial charge in [-0.05, 0) is 49.4 Å². The van der Waals surface area contributed by atoms with Crippen molar-refractivity contribution in [2.75, 3.05) is 19.5 Å². The van der Waals surface area contributed by atoms with E-state index < -0.39 is 0 Å². The first-order chi connectivity index (χ1) is 17.0. The first-order valence-corrected chi connectivity index (χ1v) is 10.9. The van der Waals surface area contributed by atoms with Gasteiger partial charge in [0.25, 0.3) is 5.91 Å². The van der Waals surface area contributed by atoms with Crippen LogP contribution in [0.15, 0.2) is 61.1 Å². The number of methoxy groups -OCH3 is 2. The van der Waals surface area contributed by atoms with E-state index in [1.807, 2.05) is 19.1 Å². The highest BCUT2D eigenvalue weighted by molar-refractivity contribution is 6.30. The summed E-state index contributed by atoms with van der Waals surface area (Å²) in [5.41, 5.74) is 2.48. The highest BCUT2D eigenvalue weighted by atomic mass is 35.5. The number of nitrogens with one attached hydrogen (secondary N) is 1. The van der Waals surface area contributed by atoms with Crippen LogP contribution in [0.2, 0.25) is 5.02 Å². The van der Waals surface area contributed by atoms with E-state index in [1.54, 1.807) is 52.0 Å². The average molecular weight is 490 g/mol.